The number of amidine groups is 1. The molecular formula is C12H16N2O2S2. The minimum Gasteiger partial charge on any atom is -0.396 e. The molecule has 1 unspecified atom stereocenters. The van der Waals surface area contributed by atoms with Crippen molar-refractivity contribution in [2.75, 3.05) is 18.1 Å². The van der Waals surface area contributed by atoms with E-state index in [-0.39, 0.29) is 18.4 Å². The maximum absolute atomic E-state index is 12.0. The zero-order valence-electron chi connectivity index (χ0n) is 10.5. The summed E-state index contributed by atoms with van der Waals surface area (Å²) in [5.41, 5.74) is 1.08. The minimum absolute atomic E-state index is 0.0837. The SMILES string of the molecule is CC1=C(C)C2C(=O)N=C(CSCCCO)N=C2S1. The first-order chi connectivity index (χ1) is 8.63. The van der Waals surface area contributed by atoms with E-state index >= 15 is 0 Å². The third-order valence-corrected chi connectivity index (χ3v) is 5.10. The van der Waals surface area contributed by atoms with Gasteiger partial charge in [0.05, 0.1) is 10.8 Å². The molecule has 0 spiro atoms. The van der Waals surface area contributed by atoms with E-state index in [4.69, 9.17) is 5.11 Å². The first-order valence-corrected chi connectivity index (χ1v) is 7.84. The molecule has 0 saturated heterocycles. The van der Waals surface area contributed by atoms with Crippen molar-refractivity contribution in [2.45, 2.75) is 20.3 Å². The molecule has 4 nitrogen and oxygen atoms in total. The predicted molar refractivity (Wildman–Crippen MR) is 78.4 cm³/mol. The van der Waals surface area contributed by atoms with Gasteiger partial charge in [0.2, 0.25) is 0 Å². The van der Waals surface area contributed by atoms with E-state index in [1.165, 1.54) is 0 Å². The standard InChI is InChI=1S/C12H16N2O2S2/c1-7-8(2)18-12-10(7)11(16)13-9(14-12)6-17-5-3-4-15/h10,15H,3-6H2,1-2H3. The fraction of sp³-hybridized carbons (Fsp3) is 0.583. The zero-order valence-corrected chi connectivity index (χ0v) is 12.1. The van der Waals surface area contributed by atoms with Gasteiger partial charge in [-0.1, -0.05) is 11.8 Å². The Hall–Kier alpha value is -0.590. The number of aliphatic imine (C=N–C) groups is 2. The summed E-state index contributed by atoms with van der Waals surface area (Å²) >= 11 is 3.24. The molecule has 0 fully saturated rings. The Morgan fingerprint density at radius 1 is 1.39 bits per heavy atom. The van der Waals surface area contributed by atoms with E-state index in [9.17, 15) is 4.79 Å². The average Bonchev–Trinajstić information content (AvgIpc) is 2.61. The highest BCUT2D eigenvalue weighted by atomic mass is 32.2. The molecule has 0 bridgehead atoms. The fourth-order valence-electron chi connectivity index (χ4n) is 1.80. The lowest BCUT2D eigenvalue weighted by Crippen LogP contribution is -2.25. The lowest BCUT2D eigenvalue weighted by Gasteiger charge is -2.14. The highest BCUT2D eigenvalue weighted by Gasteiger charge is 2.36. The number of rotatable bonds is 5. The van der Waals surface area contributed by atoms with Crippen LogP contribution in [0.5, 0.6) is 0 Å². The van der Waals surface area contributed by atoms with Crippen LogP contribution < -0.4 is 0 Å². The van der Waals surface area contributed by atoms with Crippen molar-refractivity contribution in [3.63, 3.8) is 0 Å². The minimum atomic E-state index is -0.221. The molecule has 0 saturated carbocycles. The number of carbonyl (C=O) groups excluding carboxylic acids is 1. The number of fused-ring (bicyclic) bond motifs is 1. The monoisotopic (exact) mass is 284 g/mol. The first kappa shape index (κ1) is 13.8. The van der Waals surface area contributed by atoms with Crippen LogP contribution in [0, 0.1) is 5.92 Å². The van der Waals surface area contributed by atoms with Gasteiger partial charge in [-0.3, -0.25) is 4.79 Å². The normalized spacial score (nSPS) is 23.1. The number of thioether (sulfide) groups is 2. The molecule has 2 heterocycles. The molecular weight excluding hydrogens is 268 g/mol. The van der Waals surface area contributed by atoms with E-state index in [0.29, 0.717) is 11.6 Å². The Kier molecular flexibility index (Phi) is 4.64. The number of carbonyl (C=O) groups is 1. The van der Waals surface area contributed by atoms with E-state index in [1.807, 2.05) is 13.8 Å². The Balaban J connectivity index is 1.99. The van der Waals surface area contributed by atoms with Crippen molar-refractivity contribution >= 4 is 40.3 Å². The third kappa shape index (κ3) is 2.87. The second-order valence-electron chi connectivity index (χ2n) is 4.22. The molecule has 0 aromatic rings. The molecule has 0 aliphatic carbocycles. The maximum Gasteiger partial charge on any atom is 0.261 e. The molecule has 0 aromatic heterocycles. The molecule has 18 heavy (non-hydrogen) atoms. The molecule has 98 valence electrons. The molecule has 2 rings (SSSR count). The van der Waals surface area contributed by atoms with Crippen molar-refractivity contribution in [3.8, 4) is 0 Å². The van der Waals surface area contributed by atoms with Gasteiger partial charge in [-0.25, -0.2) is 4.99 Å². The van der Waals surface area contributed by atoms with Gasteiger partial charge < -0.3 is 5.11 Å². The summed E-state index contributed by atoms with van der Waals surface area (Å²) in [5, 5.41) is 9.57. The number of allylic oxidation sites excluding steroid dienone is 1. The first-order valence-electron chi connectivity index (χ1n) is 5.87. The van der Waals surface area contributed by atoms with Crippen molar-refractivity contribution in [1.29, 1.82) is 0 Å². The topological polar surface area (TPSA) is 62.0 Å². The Morgan fingerprint density at radius 2 is 2.17 bits per heavy atom. The summed E-state index contributed by atoms with van der Waals surface area (Å²) in [6.45, 7) is 4.20. The van der Waals surface area contributed by atoms with Gasteiger partial charge in [-0.05, 0) is 36.5 Å². The lowest BCUT2D eigenvalue weighted by molar-refractivity contribution is -0.118. The molecule has 1 N–H and O–H groups in total. The summed E-state index contributed by atoms with van der Waals surface area (Å²) in [7, 11) is 0. The molecule has 2 aliphatic heterocycles. The summed E-state index contributed by atoms with van der Waals surface area (Å²) < 4.78 is 0. The van der Waals surface area contributed by atoms with E-state index in [1.54, 1.807) is 23.5 Å². The second-order valence-corrected chi connectivity index (χ2v) is 6.56. The smallest absolute Gasteiger partial charge is 0.261 e. The second kappa shape index (κ2) is 6.04. The van der Waals surface area contributed by atoms with Gasteiger partial charge in [0.25, 0.3) is 5.91 Å². The van der Waals surface area contributed by atoms with Crippen molar-refractivity contribution in [2.24, 2.45) is 15.9 Å². The fourth-order valence-corrected chi connectivity index (χ4v) is 3.73. The Bertz CT molecular complexity index is 455. The number of aliphatic hydroxyl groups excluding tert-OH is 1. The van der Waals surface area contributed by atoms with Gasteiger partial charge in [0.1, 0.15) is 11.8 Å². The Labute approximate surface area is 115 Å². The van der Waals surface area contributed by atoms with Gasteiger partial charge in [0.15, 0.2) is 0 Å². The van der Waals surface area contributed by atoms with Crippen LogP contribution in [-0.4, -0.2) is 40.0 Å². The summed E-state index contributed by atoms with van der Waals surface area (Å²) in [6.07, 6.45) is 0.764. The van der Waals surface area contributed by atoms with Crippen LogP contribution >= 0.6 is 23.5 Å². The van der Waals surface area contributed by atoms with Gasteiger partial charge in [-0.15, -0.1) is 0 Å². The molecule has 1 amide bonds. The van der Waals surface area contributed by atoms with Gasteiger partial charge in [0, 0.05) is 6.61 Å². The van der Waals surface area contributed by atoms with E-state index in [0.717, 1.165) is 27.7 Å². The summed E-state index contributed by atoms with van der Waals surface area (Å²) in [5.74, 6) is 1.81. The van der Waals surface area contributed by atoms with Gasteiger partial charge in [-0.2, -0.15) is 16.8 Å². The quantitative estimate of drug-likeness (QED) is 0.785. The van der Waals surface area contributed by atoms with Gasteiger partial charge >= 0.3 is 0 Å². The highest BCUT2D eigenvalue weighted by molar-refractivity contribution is 8.17. The number of amides is 1. The third-order valence-electron chi connectivity index (χ3n) is 2.90. The van der Waals surface area contributed by atoms with E-state index in [2.05, 4.69) is 9.98 Å². The number of aliphatic hydroxyl groups is 1. The average molecular weight is 284 g/mol. The largest absolute Gasteiger partial charge is 0.396 e. The molecule has 2 aliphatic rings. The molecule has 1 atom stereocenters. The number of nitrogens with zero attached hydrogens (tertiary/aromatic N) is 2. The number of hydrogen-bond donors (Lipinski definition) is 1. The zero-order chi connectivity index (χ0) is 13.1. The van der Waals surface area contributed by atoms with Crippen LogP contribution in [-0.2, 0) is 4.79 Å². The van der Waals surface area contributed by atoms with Crippen LogP contribution in [0.1, 0.15) is 20.3 Å². The van der Waals surface area contributed by atoms with Crippen molar-refractivity contribution in [3.05, 3.63) is 10.5 Å². The highest BCUT2D eigenvalue weighted by Crippen LogP contribution is 2.39. The lowest BCUT2D eigenvalue weighted by atomic mass is 10.0. The summed E-state index contributed by atoms with van der Waals surface area (Å²) in [6, 6.07) is 0. The van der Waals surface area contributed by atoms with Crippen LogP contribution in [0.15, 0.2) is 20.5 Å². The number of hydrogen-bond acceptors (Lipinski definition) is 5. The van der Waals surface area contributed by atoms with Crippen LogP contribution in [0.25, 0.3) is 0 Å². The van der Waals surface area contributed by atoms with Crippen LogP contribution in [0.3, 0.4) is 0 Å². The molecule has 6 heteroatoms. The summed E-state index contributed by atoms with van der Waals surface area (Å²) in [4.78, 5) is 21.7. The van der Waals surface area contributed by atoms with E-state index < -0.39 is 0 Å². The molecule has 0 aromatic carbocycles. The molecule has 0 radical (unpaired) electrons. The van der Waals surface area contributed by atoms with Crippen molar-refractivity contribution in [1.82, 2.24) is 0 Å². The Morgan fingerprint density at radius 3 is 2.89 bits per heavy atom. The van der Waals surface area contributed by atoms with Crippen molar-refractivity contribution < 1.29 is 9.90 Å². The van der Waals surface area contributed by atoms with Crippen LogP contribution in [0.4, 0.5) is 0 Å². The predicted octanol–water partition coefficient (Wildman–Crippen LogP) is 2.10. The van der Waals surface area contributed by atoms with Crippen LogP contribution in [0.2, 0.25) is 0 Å². The maximum atomic E-state index is 12.0.